The van der Waals surface area contributed by atoms with Gasteiger partial charge in [0.2, 0.25) is 0 Å². The first kappa shape index (κ1) is 7.00. The molecule has 0 aromatic heterocycles. The molecule has 0 amide bonds. The Kier molecular flexibility index (Phi) is 1.54. The zero-order valence-corrected chi connectivity index (χ0v) is 6.77. The molecule has 1 saturated carbocycles. The summed E-state index contributed by atoms with van der Waals surface area (Å²) in [7, 11) is 0. The summed E-state index contributed by atoms with van der Waals surface area (Å²) in [5.41, 5.74) is 5.83. The molecular formula is C9H14N2. The maximum absolute atomic E-state index is 5.10. The van der Waals surface area contributed by atoms with E-state index in [4.69, 9.17) is 5.73 Å². The van der Waals surface area contributed by atoms with Crippen LogP contribution in [0.5, 0.6) is 0 Å². The van der Waals surface area contributed by atoms with E-state index < -0.39 is 0 Å². The molecule has 1 spiro atoms. The Bertz CT molecular complexity index is 207. The van der Waals surface area contributed by atoms with Crippen molar-refractivity contribution >= 4 is 0 Å². The molecule has 2 fully saturated rings. The lowest BCUT2D eigenvalue weighted by molar-refractivity contribution is 0.359. The van der Waals surface area contributed by atoms with E-state index in [1.165, 1.54) is 32.4 Å². The molecule has 2 N–H and O–H groups in total. The Hall–Kier alpha value is -0.680. The van der Waals surface area contributed by atoms with Crippen molar-refractivity contribution in [3.8, 4) is 12.0 Å². The van der Waals surface area contributed by atoms with Crippen LogP contribution in [0, 0.1) is 17.4 Å². The van der Waals surface area contributed by atoms with Crippen LogP contribution in [0.2, 0.25) is 0 Å². The highest BCUT2D eigenvalue weighted by molar-refractivity contribution is 5.04. The Labute approximate surface area is 67.7 Å². The van der Waals surface area contributed by atoms with Crippen molar-refractivity contribution in [3.05, 3.63) is 0 Å². The molecule has 2 nitrogen and oxygen atoms in total. The van der Waals surface area contributed by atoms with Gasteiger partial charge in [-0.25, -0.2) is 0 Å². The van der Waals surface area contributed by atoms with Crippen molar-refractivity contribution < 1.29 is 0 Å². The Morgan fingerprint density at radius 3 is 2.73 bits per heavy atom. The number of likely N-dealkylation sites (tertiary alicyclic amines) is 1. The van der Waals surface area contributed by atoms with Gasteiger partial charge >= 0.3 is 0 Å². The monoisotopic (exact) mass is 150 g/mol. The normalized spacial score (nSPS) is 26.5. The van der Waals surface area contributed by atoms with Crippen molar-refractivity contribution in [3.63, 3.8) is 0 Å². The average Bonchev–Trinajstić information content (AvgIpc) is 2.61. The second-order valence-electron chi connectivity index (χ2n) is 3.78. The van der Waals surface area contributed by atoms with E-state index in [9.17, 15) is 0 Å². The molecule has 0 aromatic carbocycles. The van der Waals surface area contributed by atoms with Crippen LogP contribution in [0.1, 0.15) is 19.3 Å². The van der Waals surface area contributed by atoms with E-state index in [-0.39, 0.29) is 0 Å². The molecule has 0 aromatic rings. The summed E-state index contributed by atoms with van der Waals surface area (Å²) in [6, 6.07) is 2.45. The van der Waals surface area contributed by atoms with Crippen LogP contribution in [-0.2, 0) is 0 Å². The first-order valence-corrected chi connectivity index (χ1v) is 4.26. The summed E-state index contributed by atoms with van der Waals surface area (Å²) < 4.78 is 0. The van der Waals surface area contributed by atoms with Gasteiger partial charge in [-0.1, -0.05) is 5.92 Å². The van der Waals surface area contributed by atoms with E-state index in [0.29, 0.717) is 0 Å². The number of nitrogens with zero attached hydrogens (tertiary/aromatic N) is 1. The molecule has 11 heavy (non-hydrogen) atoms. The second-order valence-corrected chi connectivity index (χ2v) is 3.78. The summed E-state index contributed by atoms with van der Waals surface area (Å²) in [5, 5.41) is 0. The Morgan fingerprint density at radius 2 is 2.18 bits per heavy atom. The standard InChI is InChI=1S/C9H14N2/c10-5-1-6-11-7-4-9(8-11)2-3-9/h2-4,6-8,10H2. The number of hydrogen-bond donors (Lipinski definition) is 1. The fourth-order valence-electron chi connectivity index (χ4n) is 1.91. The number of rotatable bonds is 1. The molecule has 2 heteroatoms. The van der Waals surface area contributed by atoms with Crippen LogP contribution in [0.3, 0.4) is 0 Å². The topological polar surface area (TPSA) is 29.3 Å². The van der Waals surface area contributed by atoms with Gasteiger partial charge in [-0.05, 0) is 31.2 Å². The van der Waals surface area contributed by atoms with Crippen molar-refractivity contribution in [1.82, 2.24) is 4.90 Å². The first-order valence-electron chi connectivity index (χ1n) is 4.26. The third-order valence-corrected chi connectivity index (χ3v) is 2.88. The second kappa shape index (κ2) is 2.42. The van der Waals surface area contributed by atoms with Crippen molar-refractivity contribution in [2.75, 3.05) is 19.6 Å². The van der Waals surface area contributed by atoms with Crippen LogP contribution >= 0.6 is 0 Å². The van der Waals surface area contributed by atoms with Gasteiger partial charge in [0.1, 0.15) is 0 Å². The molecule has 1 aliphatic carbocycles. The lowest BCUT2D eigenvalue weighted by Crippen LogP contribution is -2.21. The lowest BCUT2D eigenvalue weighted by atomic mass is 10.1. The summed E-state index contributed by atoms with van der Waals surface area (Å²) in [5.74, 6) is 2.91. The van der Waals surface area contributed by atoms with E-state index in [2.05, 4.69) is 16.9 Å². The largest absolute Gasteiger partial charge is 0.359 e. The highest BCUT2D eigenvalue weighted by atomic mass is 15.2. The molecule has 1 heterocycles. The average molecular weight is 150 g/mol. The molecule has 2 rings (SSSR count). The molecule has 0 radical (unpaired) electrons. The van der Waals surface area contributed by atoms with Crippen LogP contribution in [0.25, 0.3) is 0 Å². The first-order chi connectivity index (χ1) is 5.35. The molecule has 60 valence electrons. The van der Waals surface area contributed by atoms with Crippen molar-refractivity contribution in [1.29, 1.82) is 0 Å². The fourth-order valence-corrected chi connectivity index (χ4v) is 1.91. The maximum Gasteiger partial charge on any atom is 0.0620 e. The zero-order chi connectivity index (χ0) is 7.73. The van der Waals surface area contributed by atoms with Crippen molar-refractivity contribution in [2.24, 2.45) is 11.1 Å². The molecule has 1 saturated heterocycles. The number of nitrogens with two attached hydrogens (primary N) is 1. The molecule has 0 atom stereocenters. The van der Waals surface area contributed by atoms with Gasteiger partial charge in [0.15, 0.2) is 0 Å². The highest BCUT2D eigenvalue weighted by Gasteiger charge is 2.47. The van der Waals surface area contributed by atoms with E-state index in [0.717, 1.165) is 12.0 Å². The summed E-state index contributed by atoms with van der Waals surface area (Å²) in [6.45, 7) is 3.37. The SMILES string of the molecule is NC#CCN1CCC2(CC2)C1. The molecular weight excluding hydrogens is 136 g/mol. The minimum atomic E-state index is 0.732. The predicted molar refractivity (Wildman–Crippen MR) is 44.7 cm³/mol. The zero-order valence-electron chi connectivity index (χ0n) is 6.77. The molecule has 1 aliphatic heterocycles. The van der Waals surface area contributed by atoms with E-state index >= 15 is 0 Å². The maximum atomic E-state index is 5.10. The van der Waals surface area contributed by atoms with Crippen LogP contribution in [-0.4, -0.2) is 24.5 Å². The summed E-state index contributed by atoms with van der Waals surface area (Å²) in [6.07, 6.45) is 4.28. The van der Waals surface area contributed by atoms with Gasteiger partial charge in [-0.15, -0.1) is 0 Å². The highest BCUT2D eigenvalue weighted by Crippen LogP contribution is 2.52. The van der Waals surface area contributed by atoms with Gasteiger partial charge in [0.25, 0.3) is 0 Å². The van der Waals surface area contributed by atoms with Gasteiger partial charge in [0.05, 0.1) is 6.54 Å². The van der Waals surface area contributed by atoms with Crippen LogP contribution < -0.4 is 5.73 Å². The third-order valence-electron chi connectivity index (χ3n) is 2.88. The fraction of sp³-hybridized carbons (Fsp3) is 0.778. The lowest BCUT2D eigenvalue weighted by Gasteiger charge is -2.10. The summed E-state index contributed by atoms with van der Waals surface area (Å²) >= 11 is 0. The molecule has 0 unspecified atom stereocenters. The minimum absolute atomic E-state index is 0.732. The summed E-state index contributed by atoms with van der Waals surface area (Å²) in [4.78, 5) is 2.41. The van der Waals surface area contributed by atoms with Gasteiger partial charge < -0.3 is 5.73 Å². The van der Waals surface area contributed by atoms with Gasteiger partial charge in [0, 0.05) is 12.6 Å². The predicted octanol–water partition coefficient (Wildman–Crippen LogP) is 0.392. The van der Waals surface area contributed by atoms with Gasteiger partial charge in [-0.3, -0.25) is 4.90 Å². The molecule has 0 bridgehead atoms. The quantitative estimate of drug-likeness (QED) is 0.433. The van der Waals surface area contributed by atoms with Gasteiger partial charge in [-0.2, -0.15) is 0 Å². The number of hydrogen-bond acceptors (Lipinski definition) is 2. The minimum Gasteiger partial charge on any atom is -0.359 e. The van der Waals surface area contributed by atoms with Crippen molar-refractivity contribution in [2.45, 2.75) is 19.3 Å². The van der Waals surface area contributed by atoms with E-state index in [1.54, 1.807) is 0 Å². The van der Waals surface area contributed by atoms with Crippen LogP contribution in [0.4, 0.5) is 0 Å². The van der Waals surface area contributed by atoms with Crippen LogP contribution in [0.15, 0.2) is 0 Å². The Morgan fingerprint density at radius 1 is 1.36 bits per heavy atom. The third kappa shape index (κ3) is 1.34. The molecule has 2 aliphatic rings. The van der Waals surface area contributed by atoms with E-state index in [1.807, 2.05) is 0 Å². The smallest absolute Gasteiger partial charge is 0.0620 e. The Balaban J connectivity index is 1.83.